The zero-order valence-corrected chi connectivity index (χ0v) is 74.7. The molecule has 0 spiro atoms. The van der Waals surface area contributed by atoms with Crippen LogP contribution in [0.15, 0.2) is 0 Å². The molecule has 4 saturated heterocycles. The first kappa shape index (κ1) is 114. The van der Waals surface area contributed by atoms with Crippen molar-refractivity contribution in [3.8, 4) is 0 Å². The minimum Gasteiger partial charge on any atom is -0.480 e. The van der Waals surface area contributed by atoms with E-state index in [1.807, 2.05) is 0 Å². The van der Waals surface area contributed by atoms with E-state index in [2.05, 4.69) is 63.8 Å². The van der Waals surface area contributed by atoms with Gasteiger partial charge in [0.15, 0.2) is 25.2 Å². The predicted octanol–water partition coefficient (Wildman–Crippen LogP) is -13.6. The summed E-state index contributed by atoms with van der Waals surface area (Å²) in [5.41, 5.74) is 11.1. The van der Waals surface area contributed by atoms with Crippen LogP contribution in [0.1, 0.15) is 102 Å². The molecule has 748 valence electrons. The average molecular weight is 1940 g/mol. The Balaban J connectivity index is 1.74. The number of aliphatic hydroxyl groups excluding tert-OH is 7. The fourth-order valence-corrected chi connectivity index (χ4v) is 15.1. The molecule has 132 heavy (non-hydrogen) atoms. The van der Waals surface area contributed by atoms with Crippen LogP contribution in [0.3, 0.4) is 0 Å². The highest BCUT2D eigenvalue weighted by Gasteiger charge is 2.59. The molecule has 4 rings (SSSR count). The highest BCUT2D eigenvalue weighted by Crippen LogP contribution is 2.37. The number of nitrogens with one attached hydrogen (secondary N) is 12. The van der Waals surface area contributed by atoms with Crippen LogP contribution in [0.25, 0.3) is 0 Å². The van der Waals surface area contributed by atoms with Crippen LogP contribution < -0.4 is 75.3 Å². The van der Waals surface area contributed by atoms with E-state index in [-0.39, 0.29) is 23.0 Å². The third-order valence-electron chi connectivity index (χ3n) is 20.1. The largest absolute Gasteiger partial charge is 0.480 e. The van der Waals surface area contributed by atoms with Crippen LogP contribution in [0.4, 0.5) is 0 Å². The number of aliphatic carboxylic acids is 6. The molecular weight excluding hydrogens is 1820 g/mol. The molecule has 12 amide bonds. The van der Waals surface area contributed by atoms with Crippen molar-refractivity contribution < 1.29 is 205 Å². The van der Waals surface area contributed by atoms with E-state index in [0.29, 0.717) is 0 Å². The molecule has 4 fully saturated rings. The quantitative estimate of drug-likeness (QED) is 0.0252. The van der Waals surface area contributed by atoms with Gasteiger partial charge in [-0.15, -0.1) is 0 Å². The Morgan fingerprint density at radius 1 is 0.348 bits per heavy atom. The molecule has 32 unspecified atom stereocenters. The number of esters is 1. The lowest BCUT2D eigenvalue weighted by Gasteiger charge is -2.52. The van der Waals surface area contributed by atoms with E-state index in [0.717, 1.165) is 99.7 Å². The Morgan fingerprint density at radius 3 is 1.07 bits per heavy atom. The molecular formula is C74H118N14O42S2. The summed E-state index contributed by atoms with van der Waals surface area (Å²) >= 11 is 1.58. The van der Waals surface area contributed by atoms with E-state index in [1.165, 1.54) is 0 Å². The number of aliphatic hydroxyl groups is 7. The number of rotatable bonds is 53. The van der Waals surface area contributed by atoms with Gasteiger partial charge < -0.3 is 189 Å². The Morgan fingerprint density at radius 2 is 0.689 bits per heavy atom. The summed E-state index contributed by atoms with van der Waals surface area (Å²) in [5.74, 6) is -24.4. The molecule has 4 aliphatic heterocycles. The highest BCUT2D eigenvalue weighted by molar-refractivity contribution is 7.99. The van der Waals surface area contributed by atoms with Gasteiger partial charge in [-0.1, -0.05) is 0 Å². The van der Waals surface area contributed by atoms with E-state index >= 15 is 0 Å². The third-order valence-corrected chi connectivity index (χ3v) is 22.4. The monoisotopic (exact) mass is 1940 g/mol. The van der Waals surface area contributed by atoms with Gasteiger partial charge >= 0.3 is 41.8 Å². The van der Waals surface area contributed by atoms with Crippen LogP contribution in [0, 0.1) is 0 Å². The van der Waals surface area contributed by atoms with Gasteiger partial charge in [-0.25, -0.2) is 9.59 Å². The SMILES string of the molecule is CC(=O)NC1C(OC2C(COC(C)=O)OC(OC3C(CO)OC(OC4C(CO)OC(O)C(NC(C)=O)C4OC(C)C(=O)NC(C)C(=O)NC(CCC(=O)NC(CSCC(N)C(=O)O)C(=O)NC(C)C(=O)O)C(=O)O)C(NC(C)=O)C3O)C(NC(C)=O)C2OC(C)C(=O)NC(C)C(=O)NC(CCC(=O)NC(CSCC(N)C(=O)O)C(=O)NC(C)C(=O)O)C(=O)O)OC(CO)C(O)C1O. The normalized spacial score (nSPS) is 27.9. The van der Waals surface area contributed by atoms with Crippen molar-refractivity contribution in [2.45, 2.75) is 297 Å². The number of thioether (sulfide) groups is 2. The van der Waals surface area contributed by atoms with E-state index in [1.54, 1.807) is 0 Å². The fourth-order valence-electron chi connectivity index (χ4n) is 13.1. The van der Waals surface area contributed by atoms with Crippen molar-refractivity contribution >= 4 is 136 Å². The van der Waals surface area contributed by atoms with E-state index in [4.69, 9.17) is 58.8 Å². The fraction of sp³-hybridized carbons (Fsp3) is 0.743. The topological polar surface area (TPSA) is 876 Å². The second-order valence-electron chi connectivity index (χ2n) is 30.9. The number of ether oxygens (including phenoxy) is 10. The third kappa shape index (κ3) is 35.4. The molecule has 0 radical (unpaired) electrons. The number of carbonyl (C=O) groups excluding carboxylic acids is 13. The smallest absolute Gasteiger partial charge is 0.326 e. The molecule has 29 N–H and O–H groups in total. The zero-order valence-electron chi connectivity index (χ0n) is 73.1. The molecule has 0 aromatic carbocycles. The maximum absolute atomic E-state index is 14.5. The number of carboxylic acid groups (broad SMARTS) is 6. The van der Waals surface area contributed by atoms with Gasteiger partial charge in [0, 0.05) is 70.5 Å². The van der Waals surface area contributed by atoms with Crippen LogP contribution in [0.5, 0.6) is 0 Å². The summed E-state index contributed by atoms with van der Waals surface area (Å²) in [7, 11) is 0. The summed E-state index contributed by atoms with van der Waals surface area (Å²) in [6.45, 7) is 6.62. The molecule has 0 aromatic rings. The Bertz CT molecular complexity index is 4020. The first-order chi connectivity index (χ1) is 61.7. The van der Waals surface area contributed by atoms with Crippen LogP contribution in [0.2, 0.25) is 0 Å². The van der Waals surface area contributed by atoms with Crippen molar-refractivity contribution in [1.29, 1.82) is 0 Å². The second-order valence-corrected chi connectivity index (χ2v) is 33.0. The van der Waals surface area contributed by atoms with Crippen LogP contribution in [-0.4, -0.2) is 424 Å². The lowest BCUT2D eigenvalue weighted by atomic mass is 9.92. The summed E-state index contributed by atoms with van der Waals surface area (Å²) in [5, 5.41) is 164. The van der Waals surface area contributed by atoms with Gasteiger partial charge in [0.2, 0.25) is 70.9 Å². The average Bonchev–Trinajstić information content (AvgIpc) is 0.762. The van der Waals surface area contributed by atoms with Crippen molar-refractivity contribution in [1.82, 2.24) is 63.8 Å². The standard InChI is InChI=1S/C74H118N14O42S2/c1-24(59(102)87-37(69(116)117)12-14-45(97)85-39(22-131-20-35(75)67(112)113)63(106)79-26(3)65(108)109)77-61(104)28(5)122-57-49(83-32(9)94)71(120)124-43(18-91)55(57)129-73-48(82-31(8)93)53(101)54(42(17-90)126-73)128-74-50(84-33(10)95)58(56(44(127-74)19-121-34(11)96)130-72-47(81-30(7)92)52(100)51(99)41(16-89)125-72)123-29(6)62(105)78-25(2)60(103)88-38(70(118)119)13-15-46(98)86-40(23-132-21-36(76)68(114)115)64(107)80-27(4)66(110)111/h24-29,35-44,47-58,71-74,89-91,99-101,120H,12-23,75-76H2,1-11H3,(H,77,104)(H,78,105)(H,79,106)(H,80,107)(H,81,92)(H,82,93)(H,83,94)(H,84,95)(H,85,97)(H,86,98)(H,87,102)(H,88,103)(H,108,109)(H,110,111)(H,112,113)(H,114,115)(H,116,117)(H,118,119). The van der Waals surface area contributed by atoms with Crippen LogP contribution in [-0.2, 0) is 138 Å². The molecule has 0 bridgehead atoms. The van der Waals surface area contributed by atoms with Gasteiger partial charge in [0.1, 0.15) is 177 Å². The molecule has 0 aromatic heterocycles. The summed E-state index contributed by atoms with van der Waals surface area (Å²) in [6, 6.07) is -23.9. The van der Waals surface area contributed by atoms with Crippen molar-refractivity contribution in [3.63, 3.8) is 0 Å². The van der Waals surface area contributed by atoms with Gasteiger partial charge in [0.25, 0.3) is 0 Å². The summed E-state index contributed by atoms with van der Waals surface area (Å²) < 4.78 is 61.5. The van der Waals surface area contributed by atoms with E-state index < -0.39 is 360 Å². The first-order valence-corrected chi connectivity index (χ1v) is 43.1. The van der Waals surface area contributed by atoms with Gasteiger partial charge in [-0.05, 0) is 54.4 Å². The number of amides is 12. The van der Waals surface area contributed by atoms with E-state index in [9.17, 15) is 157 Å². The minimum absolute atomic E-state index is 0.266. The Hall–Kier alpha value is -10.1. The maximum atomic E-state index is 14.5. The molecule has 32 atom stereocenters. The molecule has 4 aliphatic rings. The lowest BCUT2D eigenvalue weighted by molar-refractivity contribution is -0.366. The first-order valence-electron chi connectivity index (χ1n) is 40.8. The van der Waals surface area contributed by atoms with Crippen LogP contribution >= 0.6 is 23.5 Å². The molecule has 58 heteroatoms. The molecule has 0 saturated carbocycles. The Kier molecular flexibility index (Phi) is 47.0. The molecule has 4 heterocycles. The molecule has 0 aliphatic carbocycles. The van der Waals surface area contributed by atoms with Crippen molar-refractivity contribution in [2.75, 3.05) is 49.4 Å². The summed E-state index contributed by atoms with van der Waals surface area (Å²) in [6.07, 6.45) is -39.5. The number of hydrogen-bond donors (Lipinski definition) is 27. The molecule has 56 nitrogen and oxygen atoms in total. The van der Waals surface area contributed by atoms with Crippen molar-refractivity contribution in [2.24, 2.45) is 11.5 Å². The number of nitrogens with two attached hydrogens (primary N) is 2. The lowest BCUT2D eigenvalue weighted by Crippen LogP contribution is -2.72. The van der Waals surface area contributed by atoms with Crippen molar-refractivity contribution in [3.05, 3.63) is 0 Å². The maximum Gasteiger partial charge on any atom is 0.326 e. The zero-order chi connectivity index (χ0) is 99.9. The number of hydrogen-bond acceptors (Lipinski definition) is 40. The predicted molar refractivity (Wildman–Crippen MR) is 440 cm³/mol. The minimum atomic E-state index is -2.33. The number of carbonyl (C=O) groups is 19. The van der Waals surface area contributed by atoms with Gasteiger partial charge in [-0.2, -0.15) is 23.5 Å². The Labute approximate surface area is 759 Å². The van der Waals surface area contributed by atoms with Gasteiger partial charge in [0.05, 0.1) is 19.8 Å². The highest BCUT2D eigenvalue weighted by atomic mass is 32.2. The van der Waals surface area contributed by atoms with Gasteiger partial charge in [-0.3, -0.25) is 81.5 Å². The summed E-state index contributed by atoms with van der Waals surface area (Å²) in [4.78, 5) is 245. The second kappa shape index (κ2) is 54.3. The number of carboxylic acids is 6.